The van der Waals surface area contributed by atoms with Crippen molar-refractivity contribution in [1.29, 1.82) is 0 Å². The van der Waals surface area contributed by atoms with Gasteiger partial charge in [-0.05, 0) is 55.8 Å². The molecule has 1 aliphatic heterocycles. The van der Waals surface area contributed by atoms with Crippen molar-refractivity contribution in [3.8, 4) is 11.5 Å². The summed E-state index contributed by atoms with van der Waals surface area (Å²) in [7, 11) is 0. The van der Waals surface area contributed by atoms with Gasteiger partial charge >= 0.3 is 6.09 Å². The number of ether oxygens (including phenoxy) is 1. The van der Waals surface area contributed by atoms with Gasteiger partial charge in [0.15, 0.2) is 11.5 Å². The van der Waals surface area contributed by atoms with E-state index in [9.17, 15) is 9.90 Å². The molecule has 1 amide bonds. The Labute approximate surface area is 217 Å². The van der Waals surface area contributed by atoms with E-state index in [1.165, 1.54) is 17.6 Å². The number of pyridine rings is 2. The molecule has 2 N–H and O–H groups in total. The minimum atomic E-state index is -0.897. The van der Waals surface area contributed by atoms with Crippen molar-refractivity contribution >= 4 is 40.1 Å². The van der Waals surface area contributed by atoms with Gasteiger partial charge in [0.1, 0.15) is 35.5 Å². The Balaban J connectivity index is 1.23. The van der Waals surface area contributed by atoms with Crippen LogP contribution >= 0.6 is 0 Å². The molecule has 1 atom stereocenters. The van der Waals surface area contributed by atoms with Gasteiger partial charge in [0.2, 0.25) is 0 Å². The second-order valence-corrected chi connectivity index (χ2v) is 9.16. The maximum absolute atomic E-state index is 11.4. The van der Waals surface area contributed by atoms with Crippen molar-refractivity contribution < 1.29 is 14.6 Å². The van der Waals surface area contributed by atoms with Crippen LogP contribution in [0.5, 0.6) is 11.5 Å². The quantitative estimate of drug-likeness (QED) is 0.355. The van der Waals surface area contributed by atoms with E-state index in [2.05, 4.69) is 30.3 Å². The van der Waals surface area contributed by atoms with Crippen LogP contribution in [0.15, 0.2) is 61.3 Å². The van der Waals surface area contributed by atoms with Crippen LogP contribution in [0.1, 0.15) is 12.5 Å². The van der Waals surface area contributed by atoms with Gasteiger partial charge in [0, 0.05) is 43.6 Å². The van der Waals surface area contributed by atoms with E-state index in [1.807, 2.05) is 56.3 Å². The molecule has 1 saturated heterocycles. The van der Waals surface area contributed by atoms with Crippen LogP contribution in [0.25, 0.3) is 16.7 Å². The van der Waals surface area contributed by atoms with Crippen LogP contribution in [-0.2, 0) is 0 Å². The molecule has 4 aromatic heterocycles. The first-order valence-electron chi connectivity index (χ1n) is 12.2. The van der Waals surface area contributed by atoms with Crippen molar-refractivity contribution in [3.63, 3.8) is 0 Å². The molecule has 1 aromatic carbocycles. The summed E-state index contributed by atoms with van der Waals surface area (Å²) in [5, 5.41) is 16.8. The van der Waals surface area contributed by atoms with E-state index in [-0.39, 0.29) is 6.04 Å². The van der Waals surface area contributed by atoms with Gasteiger partial charge < -0.3 is 25.0 Å². The Morgan fingerprint density at radius 2 is 1.97 bits per heavy atom. The third-order valence-electron chi connectivity index (χ3n) is 6.58. The van der Waals surface area contributed by atoms with Gasteiger partial charge in [-0.15, -0.1) is 0 Å². The second-order valence-electron chi connectivity index (χ2n) is 9.16. The summed E-state index contributed by atoms with van der Waals surface area (Å²) in [6, 6.07) is 13.3. The predicted molar refractivity (Wildman–Crippen MR) is 141 cm³/mol. The van der Waals surface area contributed by atoms with Crippen molar-refractivity contribution in [2.45, 2.75) is 19.9 Å². The van der Waals surface area contributed by atoms with Gasteiger partial charge in [0.25, 0.3) is 0 Å². The number of carbonyl (C=O) groups is 1. The molecule has 0 spiro atoms. The number of amides is 1. The number of rotatable bonds is 5. The van der Waals surface area contributed by atoms with E-state index < -0.39 is 6.09 Å². The highest BCUT2D eigenvalue weighted by Crippen LogP contribution is 2.30. The van der Waals surface area contributed by atoms with Crippen molar-refractivity contribution in [2.75, 3.05) is 29.9 Å². The van der Waals surface area contributed by atoms with Crippen molar-refractivity contribution in [2.24, 2.45) is 0 Å². The van der Waals surface area contributed by atoms with E-state index in [1.54, 1.807) is 10.7 Å². The molecule has 5 heterocycles. The van der Waals surface area contributed by atoms with Crippen LogP contribution in [0, 0.1) is 6.92 Å². The molecule has 38 heavy (non-hydrogen) atoms. The van der Waals surface area contributed by atoms with Gasteiger partial charge in [0.05, 0.1) is 5.52 Å². The average molecular weight is 512 g/mol. The number of hydrogen-bond donors (Lipinski definition) is 2. The number of piperazine rings is 1. The fraction of sp³-hybridized carbons (Fsp3) is 0.231. The van der Waals surface area contributed by atoms with E-state index >= 15 is 0 Å². The summed E-state index contributed by atoms with van der Waals surface area (Å²) in [6.45, 7) is 5.39. The summed E-state index contributed by atoms with van der Waals surface area (Å²) < 4.78 is 7.76. The Kier molecular flexibility index (Phi) is 5.83. The Morgan fingerprint density at radius 1 is 1.08 bits per heavy atom. The lowest BCUT2D eigenvalue weighted by Crippen LogP contribution is -2.53. The van der Waals surface area contributed by atoms with Gasteiger partial charge in [-0.2, -0.15) is 5.10 Å². The first kappa shape index (κ1) is 23.4. The third kappa shape index (κ3) is 4.47. The Morgan fingerprint density at radius 3 is 2.79 bits per heavy atom. The molecular formula is C26H25N9O3. The highest BCUT2D eigenvalue weighted by atomic mass is 16.5. The fourth-order valence-corrected chi connectivity index (χ4v) is 4.62. The van der Waals surface area contributed by atoms with Crippen molar-refractivity contribution in [3.05, 3.63) is 66.9 Å². The lowest BCUT2D eigenvalue weighted by atomic mass is 10.2. The predicted octanol–water partition coefficient (Wildman–Crippen LogP) is 4.10. The minimum Gasteiger partial charge on any atom is -0.465 e. The minimum absolute atomic E-state index is 0.00787. The number of anilines is 3. The SMILES string of the molecule is Cc1cc(Nc2ncnc3ccc(N4CCN(C(=O)O)C[C@@H]4C)nc23)ccc1Oc1ccn2ncnc2c1. The smallest absolute Gasteiger partial charge is 0.407 e. The van der Waals surface area contributed by atoms with E-state index in [4.69, 9.17) is 9.72 Å². The summed E-state index contributed by atoms with van der Waals surface area (Å²) in [5.74, 6) is 2.74. The summed E-state index contributed by atoms with van der Waals surface area (Å²) in [5.41, 5.74) is 3.83. The molecule has 0 aliphatic carbocycles. The lowest BCUT2D eigenvalue weighted by Gasteiger charge is -2.39. The van der Waals surface area contributed by atoms with Gasteiger partial charge in [-0.25, -0.2) is 29.2 Å². The molecule has 12 heteroatoms. The van der Waals surface area contributed by atoms with Crippen LogP contribution in [0.4, 0.5) is 22.1 Å². The van der Waals surface area contributed by atoms with Crippen LogP contribution in [0.2, 0.25) is 0 Å². The van der Waals surface area contributed by atoms with Crippen LogP contribution < -0.4 is 15.0 Å². The maximum Gasteiger partial charge on any atom is 0.407 e. The highest BCUT2D eigenvalue weighted by Gasteiger charge is 2.27. The monoisotopic (exact) mass is 511 g/mol. The van der Waals surface area contributed by atoms with Crippen molar-refractivity contribution in [1.82, 2.24) is 34.4 Å². The number of nitrogens with zero attached hydrogens (tertiary/aromatic N) is 8. The zero-order valence-corrected chi connectivity index (χ0v) is 20.8. The Hall–Kier alpha value is -5.00. The molecule has 192 valence electrons. The largest absolute Gasteiger partial charge is 0.465 e. The summed E-state index contributed by atoms with van der Waals surface area (Å²) >= 11 is 0. The number of benzene rings is 1. The molecule has 0 radical (unpaired) electrons. The first-order chi connectivity index (χ1) is 18.4. The molecule has 6 rings (SSSR count). The molecule has 12 nitrogen and oxygen atoms in total. The maximum atomic E-state index is 11.4. The van der Waals surface area contributed by atoms with Gasteiger partial charge in [-0.3, -0.25) is 0 Å². The number of fused-ring (bicyclic) bond motifs is 2. The summed E-state index contributed by atoms with van der Waals surface area (Å²) in [4.78, 5) is 32.8. The zero-order valence-electron chi connectivity index (χ0n) is 20.8. The molecule has 0 unspecified atom stereocenters. The molecule has 0 saturated carbocycles. The van der Waals surface area contributed by atoms with E-state index in [0.29, 0.717) is 47.9 Å². The standard InChI is InChI=1S/C26H25N9O3/c1-16-11-18(3-5-21(16)38-19-7-8-35-23(12-19)28-15-30-35)31-25-24-20(27-14-29-25)4-6-22(32-24)34-10-9-33(26(36)37)13-17(34)2/h3-8,11-12,14-15,17H,9-10,13H2,1-2H3,(H,36,37)(H,27,29,31)/t17-/m0/s1. The zero-order chi connectivity index (χ0) is 26.2. The number of hydrogen-bond acceptors (Lipinski definition) is 9. The summed E-state index contributed by atoms with van der Waals surface area (Å²) in [6.07, 6.45) is 3.91. The van der Waals surface area contributed by atoms with Crippen LogP contribution in [0.3, 0.4) is 0 Å². The molecular weight excluding hydrogens is 486 g/mol. The van der Waals surface area contributed by atoms with E-state index in [0.717, 1.165) is 22.8 Å². The van der Waals surface area contributed by atoms with Gasteiger partial charge in [-0.1, -0.05) is 0 Å². The number of nitrogens with one attached hydrogen (secondary N) is 1. The number of aryl methyl sites for hydroxylation is 1. The molecule has 0 bridgehead atoms. The molecule has 5 aromatic rings. The topological polar surface area (TPSA) is 134 Å². The normalized spacial score (nSPS) is 15.7. The molecule has 1 aliphatic rings. The highest BCUT2D eigenvalue weighted by molar-refractivity contribution is 5.88. The third-order valence-corrected chi connectivity index (χ3v) is 6.58. The Bertz CT molecular complexity index is 1650. The first-order valence-corrected chi connectivity index (χ1v) is 12.2. The second kappa shape index (κ2) is 9.47. The lowest BCUT2D eigenvalue weighted by molar-refractivity contribution is 0.136. The van der Waals surface area contributed by atoms with Crippen LogP contribution in [-0.4, -0.2) is 71.3 Å². The number of aromatic nitrogens is 6. The molecule has 1 fully saturated rings. The fourth-order valence-electron chi connectivity index (χ4n) is 4.62. The number of carboxylic acid groups (broad SMARTS) is 1. The average Bonchev–Trinajstić information content (AvgIpc) is 3.38.